The fraction of sp³-hybridized carbons (Fsp3) is 0.900. The van der Waals surface area contributed by atoms with Crippen LogP contribution < -0.4 is 0 Å². The molecule has 1 saturated heterocycles. The number of carboxylic acid groups (broad SMARTS) is 1. The molecular formula is C10H18FNO2. The van der Waals surface area contributed by atoms with Crippen LogP contribution in [0, 0.1) is 5.92 Å². The second-order valence-electron chi connectivity index (χ2n) is 3.91. The molecule has 14 heavy (non-hydrogen) atoms. The van der Waals surface area contributed by atoms with Gasteiger partial charge in [-0.15, -0.1) is 0 Å². The van der Waals surface area contributed by atoms with Crippen LogP contribution in [-0.4, -0.2) is 41.8 Å². The molecule has 0 aromatic heterocycles. The van der Waals surface area contributed by atoms with E-state index in [2.05, 4.69) is 4.90 Å². The average Bonchev–Trinajstić information content (AvgIpc) is 2.17. The molecule has 0 spiro atoms. The van der Waals surface area contributed by atoms with Gasteiger partial charge in [-0.25, -0.2) is 4.39 Å². The van der Waals surface area contributed by atoms with E-state index in [-0.39, 0.29) is 12.3 Å². The highest BCUT2D eigenvalue weighted by atomic mass is 19.1. The Morgan fingerprint density at radius 1 is 1.71 bits per heavy atom. The van der Waals surface area contributed by atoms with Crippen molar-refractivity contribution in [1.29, 1.82) is 0 Å². The third-order valence-electron chi connectivity index (χ3n) is 2.87. The van der Waals surface area contributed by atoms with E-state index >= 15 is 0 Å². The summed E-state index contributed by atoms with van der Waals surface area (Å²) in [5, 5.41) is 8.48. The van der Waals surface area contributed by atoms with Gasteiger partial charge in [0.05, 0.1) is 6.42 Å². The van der Waals surface area contributed by atoms with Gasteiger partial charge in [0, 0.05) is 12.5 Å². The molecule has 2 unspecified atom stereocenters. The fourth-order valence-electron chi connectivity index (χ4n) is 2.01. The molecule has 1 heterocycles. The molecule has 82 valence electrons. The Morgan fingerprint density at radius 2 is 2.43 bits per heavy atom. The van der Waals surface area contributed by atoms with Gasteiger partial charge in [-0.2, -0.15) is 0 Å². The first-order valence-corrected chi connectivity index (χ1v) is 5.21. The lowest BCUT2D eigenvalue weighted by Crippen LogP contribution is -2.39. The Bertz CT molecular complexity index is 199. The number of alkyl halides is 1. The summed E-state index contributed by atoms with van der Waals surface area (Å²) in [5.74, 6) is -1.12. The van der Waals surface area contributed by atoms with Crippen molar-refractivity contribution in [1.82, 2.24) is 4.90 Å². The number of nitrogens with zero attached hydrogens (tertiary/aromatic N) is 1. The van der Waals surface area contributed by atoms with Crippen LogP contribution in [0.5, 0.6) is 0 Å². The molecule has 1 rings (SSSR count). The van der Waals surface area contributed by atoms with E-state index in [0.29, 0.717) is 6.54 Å². The maximum Gasteiger partial charge on any atom is 0.306 e. The lowest BCUT2D eigenvalue weighted by molar-refractivity contribution is -0.139. The van der Waals surface area contributed by atoms with E-state index < -0.39 is 12.1 Å². The number of piperidine rings is 1. The molecule has 2 atom stereocenters. The molecule has 1 aliphatic heterocycles. The average molecular weight is 203 g/mol. The van der Waals surface area contributed by atoms with Gasteiger partial charge in [-0.1, -0.05) is 6.92 Å². The summed E-state index contributed by atoms with van der Waals surface area (Å²) < 4.78 is 13.4. The number of rotatable bonds is 4. The number of halogens is 1. The largest absolute Gasteiger partial charge is 0.481 e. The summed E-state index contributed by atoms with van der Waals surface area (Å²) in [5.41, 5.74) is 0. The Labute approximate surface area is 83.9 Å². The number of likely N-dealkylation sites (tertiary alicyclic amines) is 1. The van der Waals surface area contributed by atoms with E-state index in [1.807, 2.05) is 6.92 Å². The van der Waals surface area contributed by atoms with E-state index in [4.69, 9.17) is 5.11 Å². The molecule has 0 amide bonds. The molecule has 0 aliphatic carbocycles. The van der Waals surface area contributed by atoms with Crippen LogP contribution in [0.1, 0.15) is 26.2 Å². The first-order chi connectivity index (χ1) is 6.63. The summed E-state index contributed by atoms with van der Waals surface area (Å²) in [6.45, 7) is 4.71. The standard InChI is InChI=1S/C10H18FNO2/c1-2-12-5-3-4-8(7-12)9(11)6-10(13)14/h8-9H,2-7H2,1H3,(H,13,14). The number of hydrogen-bond donors (Lipinski definition) is 1. The Morgan fingerprint density at radius 3 is 3.00 bits per heavy atom. The predicted molar refractivity (Wildman–Crippen MR) is 52.0 cm³/mol. The smallest absolute Gasteiger partial charge is 0.306 e. The lowest BCUT2D eigenvalue weighted by Gasteiger charge is -2.33. The van der Waals surface area contributed by atoms with Gasteiger partial charge >= 0.3 is 5.97 Å². The van der Waals surface area contributed by atoms with Crippen molar-refractivity contribution in [3.8, 4) is 0 Å². The first kappa shape index (κ1) is 11.4. The fourth-order valence-corrected chi connectivity index (χ4v) is 2.01. The van der Waals surface area contributed by atoms with Crippen LogP contribution in [0.25, 0.3) is 0 Å². The molecule has 4 heteroatoms. The van der Waals surface area contributed by atoms with Crippen LogP contribution in [0.2, 0.25) is 0 Å². The normalized spacial score (nSPS) is 26.0. The molecule has 0 saturated carbocycles. The molecule has 1 fully saturated rings. The monoisotopic (exact) mass is 203 g/mol. The molecule has 0 radical (unpaired) electrons. The van der Waals surface area contributed by atoms with Gasteiger partial charge in [0.15, 0.2) is 0 Å². The highest BCUT2D eigenvalue weighted by molar-refractivity contribution is 5.67. The number of aliphatic carboxylic acids is 1. The van der Waals surface area contributed by atoms with E-state index in [1.165, 1.54) is 0 Å². The van der Waals surface area contributed by atoms with Crippen LogP contribution >= 0.6 is 0 Å². The summed E-state index contributed by atoms with van der Waals surface area (Å²) in [6, 6.07) is 0. The minimum Gasteiger partial charge on any atom is -0.481 e. The van der Waals surface area contributed by atoms with E-state index in [1.54, 1.807) is 0 Å². The molecule has 0 aromatic carbocycles. The number of carbonyl (C=O) groups is 1. The van der Waals surface area contributed by atoms with Crippen LogP contribution in [-0.2, 0) is 4.79 Å². The van der Waals surface area contributed by atoms with E-state index in [0.717, 1.165) is 25.9 Å². The minimum atomic E-state index is -1.18. The zero-order valence-corrected chi connectivity index (χ0v) is 8.58. The van der Waals surface area contributed by atoms with Gasteiger partial charge < -0.3 is 10.0 Å². The van der Waals surface area contributed by atoms with E-state index in [9.17, 15) is 9.18 Å². The van der Waals surface area contributed by atoms with Crippen molar-refractivity contribution in [2.45, 2.75) is 32.4 Å². The summed E-state index contributed by atoms with van der Waals surface area (Å²) in [4.78, 5) is 12.5. The highest BCUT2D eigenvalue weighted by Gasteiger charge is 2.27. The molecular weight excluding hydrogens is 185 g/mol. The molecule has 1 N–H and O–H groups in total. The van der Waals surface area contributed by atoms with Crippen molar-refractivity contribution < 1.29 is 14.3 Å². The molecule has 1 aliphatic rings. The molecule has 0 bridgehead atoms. The third-order valence-corrected chi connectivity index (χ3v) is 2.87. The Hall–Kier alpha value is -0.640. The van der Waals surface area contributed by atoms with Gasteiger partial charge in [0.1, 0.15) is 6.17 Å². The topological polar surface area (TPSA) is 40.5 Å². The second kappa shape index (κ2) is 5.29. The highest BCUT2D eigenvalue weighted by Crippen LogP contribution is 2.23. The first-order valence-electron chi connectivity index (χ1n) is 5.21. The van der Waals surface area contributed by atoms with Gasteiger partial charge in [0.2, 0.25) is 0 Å². The Balaban J connectivity index is 2.38. The maximum absolute atomic E-state index is 13.4. The van der Waals surface area contributed by atoms with Crippen LogP contribution in [0.4, 0.5) is 4.39 Å². The minimum absolute atomic E-state index is 0.0835. The van der Waals surface area contributed by atoms with Gasteiger partial charge in [-0.3, -0.25) is 4.79 Å². The zero-order chi connectivity index (χ0) is 10.6. The van der Waals surface area contributed by atoms with Crippen LogP contribution in [0.3, 0.4) is 0 Å². The zero-order valence-electron chi connectivity index (χ0n) is 8.58. The summed E-state index contributed by atoms with van der Waals surface area (Å²) in [7, 11) is 0. The predicted octanol–water partition coefficient (Wildman–Crippen LogP) is 1.53. The molecule has 0 aromatic rings. The molecule has 3 nitrogen and oxygen atoms in total. The van der Waals surface area contributed by atoms with Crippen molar-refractivity contribution in [3.05, 3.63) is 0 Å². The Kier molecular flexibility index (Phi) is 4.32. The maximum atomic E-state index is 13.4. The quantitative estimate of drug-likeness (QED) is 0.753. The SMILES string of the molecule is CCN1CCCC(C(F)CC(=O)O)C1. The van der Waals surface area contributed by atoms with Crippen molar-refractivity contribution >= 4 is 5.97 Å². The van der Waals surface area contributed by atoms with Crippen molar-refractivity contribution in [3.63, 3.8) is 0 Å². The van der Waals surface area contributed by atoms with Gasteiger partial charge in [-0.05, 0) is 25.9 Å². The lowest BCUT2D eigenvalue weighted by atomic mass is 9.92. The van der Waals surface area contributed by atoms with Crippen molar-refractivity contribution in [2.24, 2.45) is 5.92 Å². The van der Waals surface area contributed by atoms with Crippen molar-refractivity contribution in [2.75, 3.05) is 19.6 Å². The second-order valence-corrected chi connectivity index (χ2v) is 3.91. The summed E-state index contributed by atoms with van der Waals surface area (Å²) in [6.07, 6.45) is 0.285. The van der Waals surface area contributed by atoms with Gasteiger partial charge in [0.25, 0.3) is 0 Å². The number of carboxylic acids is 1. The number of hydrogen-bond acceptors (Lipinski definition) is 2. The third kappa shape index (κ3) is 3.25. The van der Waals surface area contributed by atoms with Crippen LogP contribution in [0.15, 0.2) is 0 Å². The summed E-state index contributed by atoms with van der Waals surface area (Å²) >= 11 is 0.